The Morgan fingerprint density at radius 2 is 2.47 bits per heavy atom. The largest absolute Gasteiger partial charge is 0.316 e. The summed E-state index contributed by atoms with van der Waals surface area (Å²) in [5, 5.41) is 7.86. The molecule has 1 atom stereocenters. The fraction of sp³-hybridized carbons (Fsp3) is 0.750. The molecule has 1 fully saturated rings. The second kappa shape index (κ2) is 4.79. The first-order chi connectivity index (χ1) is 7.25. The zero-order chi connectivity index (χ0) is 10.7. The van der Waals surface area contributed by atoms with Crippen molar-refractivity contribution >= 4 is 0 Å². The quantitative estimate of drug-likeness (QED) is 0.821. The molecule has 3 heteroatoms. The number of nitrogens with one attached hydrogen (secondary N) is 1. The number of aromatic nitrogens is 2. The molecule has 1 aromatic rings. The summed E-state index contributed by atoms with van der Waals surface area (Å²) in [4.78, 5) is 0. The standard InChI is InChI=1S/C12H21N3/c1-10(2)12-7-14-15(9-12)8-11-4-3-5-13-6-11/h7,9-11,13H,3-6,8H2,1-2H3. The molecule has 0 spiro atoms. The van der Waals surface area contributed by atoms with Gasteiger partial charge in [-0.15, -0.1) is 0 Å². The molecule has 3 nitrogen and oxygen atoms in total. The van der Waals surface area contributed by atoms with Gasteiger partial charge in [-0.3, -0.25) is 4.68 Å². The first-order valence-corrected chi connectivity index (χ1v) is 5.99. The second-order valence-electron chi connectivity index (χ2n) is 4.86. The van der Waals surface area contributed by atoms with Crippen molar-refractivity contribution in [2.75, 3.05) is 13.1 Å². The van der Waals surface area contributed by atoms with E-state index in [0.717, 1.165) is 19.0 Å². The highest BCUT2D eigenvalue weighted by atomic mass is 15.3. The third kappa shape index (κ3) is 2.81. The molecule has 0 aliphatic carbocycles. The van der Waals surface area contributed by atoms with E-state index in [0.29, 0.717) is 5.92 Å². The van der Waals surface area contributed by atoms with Crippen LogP contribution in [0.4, 0.5) is 0 Å². The molecular weight excluding hydrogens is 186 g/mol. The Bertz CT molecular complexity index is 298. The van der Waals surface area contributed by atoms with Gasteiger partial charge in [0, 0.05) is 12.7 Å². The fourth-order valence-electron chi connectivity index (χ4n) is 2.12. The summed E-state index contributed by atoms with van der Waals surface area (Å²) in [5.74, 6) is 1.35. The number of hydrogen-bond acceptors (Lipinski definition) is 2. The van der Waals surface area contributed by atoms with Crippen molar-refractivity contribution in [3.05, 3.63) is 18.0 Å². The van der Waals surface area contributed by atoms with E-state index >= 15 is 0 Å². The molecule has 2 heterocycles. The van der Waals surface area contributed by atoms with Gasteiger partial charge >= 0.3 is 0 Å². The Morgan fingerprint density at radius 1 is 1.60 bits per heavy atom. The average molecular weight is 207 g/mol. The number of piperidine rings is 1. The second-order valence-corrected chi connectivity index (χ2v) is 4.86. The Kier molecular flexibility index (Phi) is 3.41. The van der Waals surface area contributed by atoms with E-state index in [1.807, 2.05) is 6.20 Å². The lowest BCUT2D eigenvalue weighted by atomic mass is 10.00. The zero-order valence-electron chi connectivity index (χ0n) is 9.74. The molecule has 0 aromatic carbocycles. The molecule has 1 aliphatic heterocycles. The van der Waals surface area contributed by atoms with Crippen LogP contribution in [0.2, 0.25) is 0 Å². The topological polar surface area (TPSA) is 29.9 Å². The number of hydrogen-bond donors (Lipinski definition) is 1. The average Bonchev–Trinajstić information content (AvgIpc) is 2.68. The molecule has 15 heavy (non-hydrogen) atoms. The van der Waals surface area contributed by atoms with Gasteiger partial charge in [0.25, 0.3) is 0 Å². The maximum absolute atomic E-state index is 4.42. The van der Waals surface area contributed by atoms with Crippen molar-refractivity contribution in [3.8, 4) is 0 Å². The zero-order valence-corrected chi connectivity index (χ0v) is 9.74. The van der Waals surface area contributed by atoms with E-state index in [1.54, 1.807) is 0 Å². The lowest BCUT2D eigenvalue weighted by Crippen LogP contribution is -2.32. The van der Waals surface area contributed by atoms with Gasteiger partial charge in [-0.05, 0) is 43.3 Å². The van der Waals surface area contributed by atoms with Crippen LogP contribution in [0.3, 0.4) is 0 Å². The minimum Gasteiger partial charge on any atom is -0.316 e. The van der Waals surface area contributed by atoms with Crippen LogP contribution in [-0.2, 0) is 6.54 Å². The van der Waals surface area contributed by atoms with E-state index in [1.165, 1.54) is 24.9 Å². The van der Waals surface area contributed by atoms with Gasteiger partial charge in [0.1, 0.15) is 0 Å². The maximum atomic E-state index is 4.42. The van der Waals surface area contributed by atoms with Crippen LogP contribution in [0, 0.1) is 5.92 Å². The first-order valence-electron chi connectivity index (χ1n) is 5.99. The van der Waals surface area contributed by atoms with Crippen LogP contribution in [-0.4, -0.2) is 22.9 Å². The van der Waals surface area contributed by atoms with E-state index < -0.39 is 0 Å². The molecule has 1 aromatic heterocycles. The SMILES string of the molecule is CC(C)c1cnn(CC2CCCNC2)c1. The van der Waals surface area contributed by atoms with Crippen molar-refractivity contribution in [1.29, 1.82) is 0 Å². The number of nitrogens with zero attached hydrogens (tertiary/aromatic N) is 2. The monoisotopic (exact) mass is 207 g/mol. The molecule has 0 bridgehead atoms. The molecule has 84 valence electrons. The summed E-state index contributed by atoms with van der Waals surface area (Å²) in [5.41, 5.74) is 1.35. The van der Waals surface area contributed by atoms with Crippen LogP contribution < -0.4 is 5.32 Å². The molecule has 0 radical (unpaired) electrons. The lowest BCUT2D eigenvalue weighted by Gasteiger charge is -2.22. The maximum Gasteiger partial charge on any atom is 0.0524 e. The summed E-state index contributed by atoms with van der Waals surface area (Å²) < 4.78 is 2.10. The Morgan fingerprint density at radius 3 is 3.07 bits per heavy atom. The van der Waals surface area contributed by atoms with Gasteiger partial charge in [0.05, 0.1) is 6.20 Å². The van der Waals surface area contributed by atoms with E-state index in [4.69, 9.17) is 0 Å². The summed E-state index contributed by atoms with van der Waals surface area (Å²) >= 11 is 0. The van der Waals surface area contributed by atoms with Gasteiger partial charge in [-0.1, -0.05) is 13.8 Å². The summed E-state index contributed by atoms with van der Waals surface area (Å²) in [6, 6.07) is 0. The molecule has 1 N–H and O–H groups in total. The summed E-state index contributed by atoms with van der Waals surface area (Å²) in [6.07, 6.45) is 6.84. The van der Waals surface area contributed by atoms with Crippen LogP contribution in [0.5, 0.6) is 0 Å². The highest BCUT2D eigenvalue weighted by Gasteiger charge is 2.14. The van der Waals surface area contributed by atoms with Crippen molar-refractivity contribution < 1.29 is 0 Å². The molecule has 0 saturated carbocycles. The van der Waals surface area contributed by atoms with Crippen LogP contribution in [0.25, 0.3) is 0 Å². The van der Waals surface area contributed by atoms with Crippen LogP contribution in [0.1, 0.15) is 38.2 Å². The molecule has 1 unspecified atom stereocenters. The molecular formula is C12H21N3. The van der Waals surface area contributed by atoms with Crippen LogP contribution >= 0.6 is 0 Å². The Hall–Kier alpha value is -0.830. The van der Waals surface area contributed by atoms with Crippen molar-refractivity contribution in [2.45, 2.75) is 39.2 Å². The normalized spacial score (nSPS) is 22.2. The van der Waals surface area contributed by atoms with E-state index in [-0.39, 0.29) is 0 Å². The van der Waals surface area contributed by atoms with Crippen molar-refractivity contribution in [3.63, 3.8) is 0 Å². The van der Waals surface area contributed by atoms with Gasteiger partial charge in [-0.25, -0.2) is 0 Å². The van der Waals surface area contributed by atoms with Gasteiger partial charge in [-0.2, -0.15) is 5.10 Å². The Labute approximate surface area is 91.9 Å². The minimum absolute atomic E-state index is 0.586. The third-order valence-electron chi connectivity index (χ3n) is 3.16. The molecule has 0 amide bonds. The molecule has 1 aliphatic rings. The minimum atomic E-state index is 0.586. The highest BCUT2D eigenvalue weighted by molar-refractivity contribution is 5.08. The molecule has 2 rings (SSSR count). The predicted octanol–water partition coefficient (Wildman–Crippen LogP) is 2.01. The van der Waals surface area contributed by atoms with E-state index in [9.17, 15) is 0 Å². The highest BCUT2D eigenvalue weighted by Crippen LogP contribution is 2.15. The summed E-state index contributed by atoms with van der Waals surface area (Å²) in [6.45, 7) is 7.83. The molecule has 1 saturated heterocycles. The van der Waals surface area contributed by atoms with Crippen molar-refractivity contribution in [1.82, 2.24) is 15.1 Å². The van der Waals surface area contributed by atoms with Gasteiger partial charge in [0.2, 0.25) is 0 Å². The first kappa shape index (κ1) is 10.7. The predicted molar refractivity (Wildman–Crippen MR) is 61.9 cm³/mol. The smallest absolute Gasteiger partial charge is 0.0524 e. The Balaban J connectivity index is 1.91. The lowest BCUT2D eigenvalue weighted by molar-refractivity contribution is 0.325. The van der Waals surface area contributed by atoms with Crippen molar-refractivity contribution in [2.24, 2.45) is 5.92 Å². The number of rotatable bonds is 3. The van der Waals surface area contributed by atoms with Gasteiger partial charge < -0.3 is 5.32 Å². The van der Waals surface area contributed by atoms with Gasteiger partial charge in [0.15, 0.2) is 0 Å². The summed E-state index contributed by atoms with van der Waals surface area (Å²) in [7, 11) is 0. The fourth-order valence-corrected chi connectivity index (χ4v) is 2.12. The van der Waals surface area contributed by atoms with E-state index in [2.05, 4.69) is 35.1 Å². The third-order valence-corrected chi connectivity index (χ3v) is 3.16. The van der Waals surface area contributed by atoms with Crippen LogP contribution in [0.15, 0.2) is 12.4 Å².